The van der Waals surface area contributed by atoms with Gasteiger partial charge in [0, 0.05) is 19.1 Å². The number of unbranched alkanes of at least 4 members (excludes halogenated alkanes) is 3. The molecule has 0 spiro atoms. The fraction of sp³-hybridized carbons (Fsp3) is 0.889. The van der Waals surface area contributed by atoms with E-state index in [1.807, 2.05) is 0 Å². The molecule has 0 atom stereocenters. The number of thioether (sulfide) groups is 1. The second-order valence-electron chi connectivity index (χ2n) is 2.93. The van der Waals surface area contributed by atoms with Gasteiger partial charge in [-0.1, -0.05) is 24.6 Å². The lowest BCUT2D eigenvalue weighted by atomic mass is 10.2. The molecule has 0 bridgehead atoms. The van der Waals surface area contributed by atoms with E-state index in [1.54, 1.807) is 6.92 Å². The van der Waals surface area contributed by atoms with Gasteiger partial charge >= 0.3 is 0 Å². The van der Waals surface area contributed by atoms with Crippen molar-refractivity contribution in [2.75, 3.05) is 5.75 Å². The lowest BCUT2D eigenvalue weighted by molar-refractivity contribution is -0.109. The second kappa shape index (κ2) is 8.48. The highest BCUT2D eigenvalue weighted by Gasteiger charge is 2.01. The van der Waals surface area contributed by atoms with Gasteiger partial charge in [-0.2, -0.15) is 0 Å². The van der Waals surface area contributed by atoms with E-state index in [0.717, 1.165) is 25.0 Å². The zero-order valence-corrected chi connectivity index (χ0v) is 8.71. The van der Waals surface area contributed by atoms with Gasteiger partial charge in [-0.25, -0.2) is 8.78 Å². The SMILES string of the molecule is CC(=O)SCCCCCCC(F)F. The number of carbonyl (C=O) groups is 1. The topological polar surface area (TPSA) is 17.1 Å². The molecule has 0 heterocycles. The van der Waals surface area contributed by atoms with E-state index in [4.69, 9.17) is 0 Å². The van der Waals surface area contributed by atoms with Crippen LogP contribution in [-0.4, -0.2) is 17.3 Å². The van der Waals surface area contributed by atoms with E-state index in [0.29, 0.717) is 6.42 Å². The van der Waals surface area contributed by atoms with E-state index >= 15 is 0 Å². The lowest BCUT2D eigenvalue weighted by Gasteiger charge is -1.99. The average Bonchev–Trinajstić information content (AvgIpc) is 2.01. The molecule has 78 valence electrons. The molecule has 0 aliphatic heterocycles. The van der Waals surface area contributed by atoms with Gasteiger partial charge in [0.15, 0.2) is 5.12 Å². The molecule has 0 aliphatic carbocycles. The van der Waals surface area contributed by atoms with Gasteiger partial charge < -0.3 is 0 Å². The first-order chi connectivity index (χ1) is 6.13. The Labute approximate surface area is 82.3 Å². The van der Waals surface area contributed by atoms with Gasteiger partial charge in [-0.15, -0.1) is 0 Å². The molecule has 0 radical (unpaired) electrons. The molecule has 0 aliphatic rings. The normalized spacial score (nSPS) is 10.8. The zero-order chi connectivity index (χ0) is 10.1. The molecular formula is C9H16F2OS. The summed E-state index contributed by atoms with van der Waals surface area (Å²) in [7, 11) is 0. The summed E-state index contributed by atoms with van der Waals surface area (Å²) >= 11 is 1.31. The van der Waals surface area contributed by atoms with E-state index in [-0.39, 0.29) is 11.5 Å². The maximum atomic E-state index is 11.7. The monoisotopic (exact) mass is 210 g/mol. The highest BCUT2D eigenvalue weighted by molar-refractivity contribution is 8.13. The summed E-state index contributed by atoms with van der Waals surface area (Å²) in [6, 6.07) is 0. The Balaban J connectivity index is 2.96. The molecule has 0 saturated heterocycles. The Morgan fingerprint density at radius 3 is 2.38 bits per heavy atom. The average molecular weight is 210 g/mol. The second-order valence-corrected chi connectivity index (χ2v) is 4.21. The van der Waals surface area contributed by atoms with E-state index in [2.05, 4.69) is 0 Å². The van der Waals surface area contributed by atoms with Gasteiger partial charge in [-0.3, -0.25) is 4.79 Å². The van der Waals surface area contributed by atoms with Crippen molar-refractivity contribution in [2.45, 2.75) is 45.5 Å². The van der Waals surface area contributed by atoms with Crippen molar-refractivity contribution in [3.8, 4) is 0 Å². The molecule has 0 N–H and O–H groups in total. The quantitative estimate of drug-likeness (QED) is 0.598. The Morgan fingerprint density at radius 1 is 1.23 bits per heavy atom. The van der Waals surface area contributed by atoms with Gasteiger partial charge in [0.2, 0.25) is 6.43 Å². The standard InChI is InChI=1S/C9H16F2OS/c1-8(12)13-7-5-3-2-4-6-9(10)11/h9H,2-7H2,1H3. The van der Waals surface area contributed by atoms with Crippen LogP contribution in [-0.2, 0) is 4.79 Å². The third-order valence-corrected chi connectivity index (χ3v) is 2.52. The Kier molecular flexibility index (Phi) is 8.40. The van der Waals surface area contributed by atoms with E-state index in [9.17, 15) is 13.6 Å². The first kappa shape index (κ1) is 12.9. The van der Waals surface area contributed by atoms with Crippen LogP contribution in [0, 0.1) is 0 Å². The first-order valence-corrected chi connectivity index (χ1v) is 5.53. The third-order valence-electron chi connectivity index (χ3n) is 1.62. The minimum Gasteiger partial charge on any atom is -0.288 e. The molecule has 1 nitrogen and oxygen atoms in total. The predicted molar refractivity (Wildman–Crippen MR) is 52.2 cm³/mol. The summed E-state index contributed by atoms with van der Waals surface area (Å²) in [5.74, 6) is 0.823. The Hall–Kier alpha value is -0.120. The van der Waals surface area contributed by atoms with Crippen LogP contribution in [0.15, 0.2) is 0 Å². The summed E-state index contributed by atoms with van der Waals surface area (Å²) in [6.07, 6.45) is 1.21. The van der Waals surface area contributed by atoms with Gasteiger partial charge in [0.1, 0.15) is 0 Å². The van der Waals surface area contributed by atoms with Crippen LogP contribution >= 0.6 is 11.8 Å². The highest BCUT2D eigenvalue weighted by Crippen LogP contribution is 2.11. The summed E-state index contributed by atoms with van der Waals surface area (Å²) in [6.45, 7) is 1.54. The number of halogens is 2. The largest absolute Gasteiger partial charge is 0.288 e. The number of alkyl halides is 2. The minimum atomic E-state index is -2.16. The van der Waals surface area contributed by atoms with E-state index < -0.39 is 6.43 Å². The van der Waals surface area contributed by atoms with E-state index in [1.165, 1.54) is 11.8 Å². The molecule has 0 saturated carbocycles. The van der Waals surface area contributed by atoms with Gasteiger partial charge in [-0.05, 0) is 12.8 Å². The van der Waals surface area contributed by atoms with Crippen molar-refractivity contribution < 1.29 is 13.6 Å². The van der Waals surface area contributed by atoms with Crippen molar-refractivity contribution in [3.05, 3.63) is 0 Å². The minimum absolute atomic E-state index is 0.0137. The number of hydrogen-bond donors (Lipinski definition) is 0. The van der Waals surface area contributed by atoms with Crippen LogP contribution in [0.3, 0.4) is 0 Å². The van der Waals surface area contributed by atoms with Crippen LogP contribution in [0.2, 0.25) is 0 Å². The van der Waals surface area contributed by atoms with Crippen molar-refractivity contribution >= 4 is 16.9 Å². The fourth-order valence-electron chi connectivity index (χ4n) is 0.970. The number of rotatable bonds is 7. The first-order valence-electron chi connectivity index (χ1n) is 4.54. The molecule has 4 heteroatoms. The van der Waals surface area contributed by atoms with Gasteiger partial charge in [0.25, 0.3) is 0 Å². The van der Waals surface area contributed by atoms with Crippen LogP contribution < -0.4 is 0 Å². The smallest absolute Gasteiger partial charge is 0.238 e. The zero-order valence-electron chi connectivity index (χ0n) is 7.89. The molecule has 0 fully saturated rings. The lowest BCUT2D eigenvalue weighted by Crippen LogP contribution is -1.91. The molecule has 0 aromatic rings. The van der Waals surface area contributed by atoms with Crippen LogP contribution in [0.4, 0.5) is 8.78 Å². The molecule has 13 heavy (non-hydrogen) atoms. The summed E-state index contributed by atoms with van der Waals surface area (Å²) < 4.78 is 23.3. The molecular weight excluding hydrogens is 194 g/mol. The van der Waals surface area contributed by atoms with Gasteiger partial charge in [0.05, 0.1) is 0 Å². The number of hydrogen-bond acceptors (Lipinski definition) is 2. The van der Waals surface area contributed by atoms with Crippen LogP contribution in [0.5, 0.6) is 0 Å². The molecule has 0 aromatic heterocycles. The van der Waals surface area contributed by atoms with Crippen LogP contribution in [0.25, 0.3) is 0 Å². The maximum Gasteiger partial charge on any atom is 0.238 e. The molecule has 0 amide bonds. The molecule has 0 unspecified atom stereocenters. The van der Waals surface area contributed by atoms with Crippen molar-refractivity contribution in [3.63, 3.8) is 0 Å². The van der Waals surface area contributed by atoms with Crippen molar-refractivity contribution in [2.24, 2.45) is 0 Å². The summed E-state index contributed by atoms with van der Waals surface area (Å²) in [4.78, 5) is 10.5. The Bertz CT molecular complexity index is 140. The fourth-order valence-corrected chi connectivity index (χ4v) is 1.61. The summed E-state index contributed by atoms with van der Waals surface area (Å²) in [5, 5.41) is 0.132. The molecule has 0 rings (SSSR count). The summed E-state index contributed by atoms with van der Waals surface area (Å²) in [5.41, 5.74) is 0. The predicted octanol–water partition coefficient (Wildman–Crippen LogP) is 3.48. The molecule has 0 aromatic carbocycles. The third kappa shape index (κ3) is 11.9. The maximum absolute atomic E-state index is 11.7. The van der Waals surface area contributed by atoms with Crippen molar-refractivity contribution in [1.29, 1.82) is 0 Å². The van der Waals surface area contributed by atoms with Crippen LogP contribution in [0.1, 0.15) is 39.0 Å². The Morgan fingerprint density at radius 2 is 1.85 bits per heavy atom. The highest BCUT2D eigenvalue weighted by atomic mass is 32.2. The van der Waals surface area contributed by atoms with Crippen molar-refractivity contribution in [1.82, 2.24) is 0 Å². The number of carbonyl (C=O) groups excluding carboxylic acids is 1.